The summed E-state index contributed by atoms with van der Waals surface area (Å²) in [5.41, 5.74) is 1.11. The molecule has 1 aromatic rings. The second-order valence-electron chi connectivity index (χ2n) is 5.63. The van der Waals surface area contributed by atoms with Gasteiger partial charge in [-0.25, -0.2) is 0 Å². The fourth-order valence-electron chi connectivity index (χ4n) is 2.65. The summed E-state index contributed by atoms with van der Waals surface area (Å²) in [5, 5.41) is 3.35. The normalized spacial score (nSPS) is 19.5. The lowest BCUT2D eigenvalue weighted by atomic mass is 10.0. The van der Waals surface area contributed by atoms with Gasteiger partial charge >= 0.3 is 0 Å². The molecular weight excluding hydrogens is 252 g/mol. The highest BCUT2D eigenvalue weighted by atomic mass is 16.5. The van der Waals surface area contributed by atoms with E-state index in [4.69, 9.17) is 4.74 Å². The first-order chi connectivity index (χ1) is 9.60. The third-order valence-electron chi connectivity index (χ3n) is 3.57. The zero-order valence-electron chi connectivity index (χ0n) is 12.6. The maximum atomic E-state index is 12.5. The Hall–Kier alpha value is -1.55. The maximum Gasteiger partial charge on any atom is 0.240 e. The lowest BCUT2D eigenvalue weighted by Gasteiger charge is -2.33. The molecule has 1 aromatic carbocycles. The Labute approximate surface area is 121 Å². The van der Waals surface area contributed by atoms with Crippen molar-refractivity contribution in [2.24, 2.45) is 0 Å². The number of rotatable bonds is 5. The van der Waals surface area contributed by atoms with Crippen molar-refractivity contribution in [2.45, 2.75) is 45.3 Å². The van der Waals surface area contributed by atoms with Crippen LogP contribution in [0.3, 0.4) is 0 Å². The number of benzene rings is 1. The number of amides is 1. The van der Waals surface area contributed by atoms with Crippen LogP contribution in [0.4, 0.5) is 0 Å². The number of hydrogen-bond acceptors (Lipinski definition) is 3. The van der Waals surface area contributed by atoms with Gasteiger partial charge in [-0.2, -0.15) is 0 Å². The van der Waals surface area contributed by atoms with Gasteiger partial charge in [0.05, 0.1) is 13.2 Å². The van der Waals surface area contributed by atoms with Crippen LogP contribution in [0.2, 0.25) is 0 Å². The molecule has 1 saturated heterocycles. The average molecular weight is 276 g/mol. The first-order valence-corrected chi connectivity index (χ1v) is 7.28. The van der Waals surface area contributed by atoms with E-state index in [1.165, 1.54) is 0 Å². The van der Waals surface area contributed by atoms with E-state index in [1.807, 2.05) is 29.2 Å². The molecule has 0 saturated carbocycles. The highest BCUT2D eigenvalue weighted by Gasteiger charge is 2.28. The summed E-state index contributed by atoms with van der Waals surface area (Å²) in [6.45, 7) is 5.65. The van der Waals surface area contributed by atoms with E-state index >= 15 is 0 Å². The molecule has 0 aliphatic carbocycles. The van der Waals surface area contributed by atoms with Gasteiger partial charge in [-0.1, -0.05) is 26.0 Å². The van der Waals surface area contributed by atoms with Gasteiger partial charge in [0.2, 0.25) is 5.91 Å². The number of hydrogen-bond donors (Lipinski definition) is 1. The summed E-state index contributed by atoms with van der Waals surface area (Å²) >= 11 is 0. The summed E-state index contributed by atoms with van der Waals surface area (Å²) in [6.07, 6.45) is 1.99. The zero-order valence-corrected chi connectivity index (χ0v) is 12.6. The molecule has 0 spiro atoms. The molecule has 0 aromatic heterocycles. The summed E-state index contributed by atoms with van der Waals surface area (Å²) in [5.74, 6) is 1.05. The fraction of sp³-hybridized carbons (Fsp3) is 0.562. The molecule has 1 unspecified atom stereocenters. The number of likely N-dealkylation sites (tertiary alicyclic amines) is 1. The van der Waals surface area contributed by atoms with Gasteiger partial charge < -0.3 is 15.0 Å². The second-order valence-corrected chi connectivity index (χ2v) is 5.63. The van der Waals surface area contributed by atoms with Crippen LogP contribution in [-0.4, -0.2) is 36.5 Å². The summed E-state index contributed by atoms with van der Waals surface area (Å²) in [6, 6.07) is 8.22. The average Bonchev–Trinajstić information content (AvgIpc) is 2.43. The Kier molecular flexibility index (Phi) is 5.01. The van der Waals surface area contributed by atoms with Crippen molar-refractivity contribution in [3.05, 3.63) is 29.8 Å². The molecule has 20 heavy (non-hydrogen) atoms. The van der Waals surface area contributed by atoms with Crippen molar-refractivity contribution < 1.29 is 9.53 Å². The van der Waals surface area contributed by atoms with Crippen molar-refractivity contribution in [1.29, 1.82) is 0 Å². The number of carbonyl (C=O) groups excluding carboxylic acids is 1. The van der Waals surface area contributed by atoms with E-state index in [1.54, 1.807) is 7.11 Å². The summed E-state index contributed by atoms with van der Waals surface area (Å²) < 4.78 is 5.23. The molecule has 1 aliphatic rings. The van der Waals surface area contributed by atoms with Gasteiger partial charge in [0.15, 0.2) is 0 Å². The highest BCUT2D eigenvalue weighted by molar-refractivity contribution is 5.82. The highest BCUT2D eigenvalue weighted by Crippen LogP contribution is 2.18. The zero-order chi connectivity index (χ0) is 14.5. The molecule has 0 radical (unpaired) electrons. The lowest BCUT2D eigenvalue weighted by molar-refractivity contribution is -0.136. The van der Waals surface area contributed by atoms with Crippen molar-refractivity contribution in [2.75, 3.05) is 13.7 Å². The molecule has 1 amide bonds. The molecule has 1 fully saturated rings. The van der Waals surface area contributed by atoms with Gasteiger partial charge in [0.1, 0.15) is 5.75 Å². The quantitative estimate of drug-likeness (QED) is 0.896. The molecule has 4 nitrogen and oxygen atoms in total. The van der Waals surface area contributed by atoms with Crippen LogP contribution in [0.25, 0.3) is 0 Å². The van der Waals surface area contributed by atoms with Crippen LogP contribution in [0.1, 0.15) is 32.3 Å². The molecule has 1 atom stereocenters. The minimum Gasteiger partial charge on any atom is -0.497 e. The molecular formula is C16H24N2O2. The van der Waals surface area contributed by atoms with E-state index in [-0.39, 0.29) is 11.9 Å². The van der Waals surface area contributed by atoms with Crippen molar-refractivity contribution >= 4 is 5.91 Å². The Morgan fingerprint density at radius 3 is 2.95 bits per heavy atom. The van der Waals surface area contributed by atoms with E-state index in [9.17, 15) is 4.79 Å². The Morgan fingerprint density at radius 2 is 2.25 bits per heavy atom. The van der Waals surface area contributed by atoms with Crippen LogP contribution >= 0.6 is 0 Å². The van der Waals surface area contributed by atoms with Gasteiger partial charge in [0.25, 0.3) is 0 Å². The van der Waals surface area contributed by atoms with Crippen LogP contribution in [0.15, 0.2) is 24.3 Å². The Balaban J connectivity index is 2.02. The third-order valence-corrected chi connectivity index (χ3v) is 3.57. The number of methoxy groups -OCH3 is 1. The first kappa shape index (κ1) is 14.9. The predicted molar refractivity (Wildman–Crippen MR) is 79.7 cm³/mol. The molecule has 1 aliphatic heterocycles. The standard InChI is InChI=1S/C16H24N2O2/c1-12(2)17-15-8-5-9-18(16(15)19)11-13-6-4-7-14(10-13)20-3/h4,6-7,10,12,15,17H,5,8-9,11H2,1-3H3. The molecule has 4 heteroatoms. The number of nitrogens with zero attached hydrogens (tertiary/aromatic N) is 1. The minimum atomic E-state index is -0.0330. The smallest absolute Gasteiger partial charge is 0.240 e. The molecule has 1 heterocycles. The van der Waals surface area contributed by atoms with Crippen LogP contribution in [0.5, 0.6) is 5.75 Å². The van der Waals surface area contributed by atoms with E-state index in [0.29, 0.717) is 12.6 Å². The first-order valence-electron chi connectivity index (χ1n) is 7.28. The largest absolute Gasteiger partial charge is 0.497 e. The van der Waals surface area contributed by atoms with Crippen LogP contribution in [0, 0.1) is 0 Å². The van der Waals surface area contributed by atoms with Crippen molar-refractivity contribution in [3.63, 3.8) is 0 Å². The van der Waals surface area contributed by atoms with Gasteiger partial charge in [-0.15, -0.1) is 0 Å². The SMILES string of the molecule is COc1cccc(CN2CCCC(NC(C)C)C2=O)c1. The van der Waals surface area contributed by atoms with E-state index in [0.717, 1.165) is 30.7 Å². The molecule has 2 rings (SSSR count). The summed E-state index contributed by atoms with van der Waals surface area (Å²) in [4.78, 5) is 14.4. The third kappa shape index (κ3) is 3.73. The second kappa shape index (κ2) is 6.75. The number of ether oxygens (including phenoxy) is 1. The monoisotopic (exact) mass is 276 g/mol. The van der Waals surface area contributed by atoms with Crippen LogP contribution in [-0.2, 0) is 11.3 Å². The summed E-state index contributed by atoms with van der Waals surface area (Å²) in [7, 11) is 1.66. The van der Waals surface area contributed by atoms with Gasteiger partial charge in [-0.3, -0.25) is 4.79 Å². The molecule has 1 N–H and O–H groups in total. The Morgan fingerprint density at radius 1 is 1.45 bits per heavy atom. The van der Waals surface area contributed by atoms with Gasteiger partial charge in [-0.05, 0) is 30.5 Å². The Bertz CT molecular complexity index is 460. The molecule has 110 valence electrons. The predicted octanol–water partition coefficient (Wildman–Crippen LogP) is 2.18. The maximum absolute atomic E-state index is 12.5. The van der Waals surface area contributed by atoms with E-state index in [2.05, 4.69) is 19.2 Å². The van der Waals surface area contributed by atoms with Crippen LogP contribution < -0.4 is 10.1 Å². The lowest BCUT2D eigenvalue weighted by Crippen LogP contribution is -2.51. The van der Waals surface area contributed by atoms with E-state index < -0.39 is 0 Å². The van der Waals surface area contributed by atoms with Gasteiger partial charge in [0, 0.05) is 19.1 Å². The number of carbonyl (C=O) groups is 1. The fourth-order valence-corrected chi connectivity index (χ4v) is 2.65. The van der Waals surface area contributed by atoms with Crippen molar-refractivity contribution in [3.8, 4) is 5.75 Å². The molecule has 0 bridgehead atoms. The minimum absolute atomic E-state index is 0.0330. The number of piperidine rings is 1. The number of nitrogens with one attached hydrogen (secondary N) is 1. The topological polar surface area (TPSA) is 41.6 Å². The van der Waals surface area contributed by atoms with Crippen molar-refractivity contribution in [1.82, 2.24) is 10.2 Å².